The highest BCUT2D eigenvalue weighted by Crippen LogP contribution is 2.21. The lowest BCUT2D eigenvalue weighted by atomic mass is 9.90. The first-order chi connectivity index (χ1) is 8.16. The summed E-state index contributed by atoms with van der Waals surface area (Å²) in [4.78, 5) is 0. The molecule has 1 saturated heterocycles. The molecule has 1 aliphatic heterocycles. The van der Waals surface area contributed by atoms with Crippen LogP contribution >= 0.6 is 11.6 Å². The van der Waals surface area contributed by atoms with Gasteiger partial charge in [-0.1, -0.05) is 17.7 Å². The van der Waals surface area contributed by atoms with Crippen LogP contribution in [-0.4, -0.2) is 19.3 Å². The molecule has 4 heteroatoms. The van der Waals surface area contributed by atoms with Crippen LogP contribution in [0.5, 0.6) is 0 Å². The molecule has 2 atom stereocenters. The molecule has 0 amide bonds. The van der Waals surface area contributed by atoms with Crippen molar-refractivity contribution in [1.82, 2.24) is 0 Å². The third kappa shape index (κ3) is 3.41. The van der Waals surface area contributed by atoms with Gasteiger partial charge < -0.3 is 10.5 Å². The van der Waals surface area contributed by atoms with Gasteiger partial charge in [-0.05, 0) is 42.9 Å². The highest BCUT2D eigenvalue weighted by Gasteiger charge is 2.21. The number of rotatable bonds is 3. The molecule has 2 nitrogen and oxygen atoms in total. The molecule has 94 valence electrons. The highest BCUT2D eigenvalue weighted by atomic mass is 35.5. The Bertz CT molecular complexity index is 380. The molecule has 0 saturated carbocycles. The summed E-state index contributed by atoms with van der Waals surface area (Å²) >= 11 is 5.74. The molecule has 1 aromatic carbocycles. The summed E-state index contributed by atoms with van der Waals surface area (Å²) in [6, 6.07) is 4.84. The number of hydrogen-bond donors (Lipinski definition) is 1. The van der Waals surface area contributed by atoms with E-state index in [1.165, 1.54) is 6.07 Å². The van der Waals surface area contributed by atoms with Crippen LogP contribution < -0.4 is 5.73 Å². The molecule has 2 unspecified atom stereocenters. The Morgan fingerprint density at radius 2 is 2.35 bits per heavy atom. The zero-order chi connectivity index (χ0) is 12.3. The molecular formula is C13H17ClFNO. The van der Waals surface area contributed by atoms with E-state index >= 15 is 0 Å². The quantitative estimate of drug-likeness (QED) is 0.904. The number of ether oxygens (including phenoxy) is 1. The third-order valence-electron chi connectivity index (χ3n) is 3.26. The Hall–Kier alpha value is -0.640. The Labute approximate surface area is 106 Å². The summed E-state index contributed by atoms with van der Waals surface area (Å²) in [5, 5.41) is 0.162. The Morgan fingerprint density at radius 3 is 3.00 bits per heavy atom. The van der Waals surface area contributed by atoms with Gasteiger partial charge in [-0.15, -0.1) is 0 Å². The van der Waals surface area contributed by atoms with E-state index in [0.717, 1.165) is 31.6 Å². The van der Waals surface area contributed by atoms with Crippen molar-refractivity contribution in [2.75, 3.05) is 13.2 Å². The smallest absolute Gasteiger partial charge is 0.141 e. The molecule has 17 heavy (non-hydrogen) atoms. The zero-order valence-corrected chi connectivity index (χ0v) is 10.4. The Kier molecular flexibility index (Phi) is 4.37. The van der Waals surface area contributed by atoms with Crippen molar-refractivity contribution in [3.63, 3.8) is 0 Å². The monoisotopic (exact) mass is 257 g/mol. The minimum Gasteiger partial charge on any atom is -0.381 e. The fourth-order valence-corrected chi connectivity index (χ4v) is 2.41. The van der Waals surface area contributed by atoms with Crippen molar-refractivity contribution in [2.45, 2.75) is 25.3 Å². The van der Waals surface area contributed by atoms with Crippen LogP contribution in [0.2, 0.25) is 5.02 Å². The first-order valence-electron chi connectivity index (χ1n) is 5.94. The van der Waals surface area contributed by atoms with Crippen molar-refractivity contribution < 1.29 is 9.13 Å². The van der Waals surface area contributed by atoms with Crippen LogP contribution in [0.15, 0.2) is 18.2 Å². The van der Waals surface area contributed by atoms with Crippen LogP contribution in [-0.2, 0) is 11.2 Å². The van der Waals surface area contributed by atoms with Crippen LogP contribution in [0.4, 0.5) is 4.39 Å². The summed E-state index contributed by atoms with van der Waals surface area (Å²) in [6.07, 6.45) is 2.90. The van der Waals surface area contributed by atoms with Gasteiger partial charge in [0.05, 0.1) is 11.6 Å². The lowest BCUT2D eigenvalue weighted by Crippen LogP contribution is -2.37. The third-order valence-corrected chi connectivity index (χ3v) is 3.55. The van der Waals surface area contributed by atoms with Gasteiger partial charge in [-0.2, -0.15) is 0 Å². The average Bonchev–Trinajstić information content (AvgIpc) is 2.35. The van der Waals surface area contributed by atoms with E-state index < -0.39 is 0 Å². The van der Waals surface area contributed by atoms with Crippen LogP contribution in [0.3, 0.4) is 0 Å². The summed E-state index contributed by atoms with van der Waals surface area (Å²) in [7, 11) is 0. The predicted octanol–water partition coefficient (Wildman–Crippen LogP) is 2.78. The number of hydrogen-bond acceptors (Lipinski definition) is 2. The topological polar surface area (TPSA) is 35.2 Å². The lowest BCUT2D eigenvalue weighted by Gasteiger charge is -2.27. The van der Waals surface area contributed by atoms with E-state index in [2.05, 4.69) is 0 Å². The van der Waals surface area contributed by atoms with E-state index in [1.54, 1.807) is 12.1 Å². The molecule has 2 rings (SSSR count). The second-order valence-electron chi connectivity index (χ2n) is 4.59. The van der Waals surface area contributed by atoms with Gasteiger partial charge >= 0.3 is 0 Å². The highest BCUT2D eigenvalue weighted by molar-refractivity contribution is 6.30. The van der Waals surface area contributed by atoms with Gasteiger partial charge in [-0.3, -0.25) is 0 Å². The van der Waals surface area contributed by atoms with Gasteiger partial charge in [0.25, 0.3) is 0 Å². The first kappa shape index (κ1) is 12.8. The number of halogens is 2. The van der Waals surface area contributed by atoms with E-state index in [1.807, 2.05) is 0 Å². The second-order valence-corrected chi connectivity index (χ2v) is 5.00. The number of nitrogens with two attached hydrogens (primary N) is 1. The lowest BCUT2D eigenvalue weighted by molar-refractivity contribution is 0.0450. The van der Waals surface area contributed by atoms with Crippen molar-refractivity contribution in [3.8, 4) is 0 Å². The molecule has 1 heterocycles. The molecule has 0 aliphatic carbocycles. The largest absolute Gasteiger partial charge is 0.381 e. The molecule has 0 radical (unpaired) electrons. The maximum atomic E-state index is 13.0. The Balaban J connectivity index is 1.96. The maximum Gasteiger partial charge on any atom is 0.141 e. The van der Waals surface area contributed by atoms with Crippen molar-refractivity contribution in [1.29, 1.82) is 0 Å². The summed E-state index contributed by atoms with van der Waals surface area (Å²) in [6.45, 7) is 1.57. The van der Waals surface area contributed by atoms with Crippen LogP contribution in [0.1, 0.15) is 18.4 Å². The van der Waals surface area contributed by atoms with Crippen molar-refractivity contribution in [2.24, 2.45) is 11.7 Å². The molecule has 0 aromatic heterocycles. The average molecular weight is 258 g/mol. The summed E-state index contributed by atoms with van der Waals surface area (Å²) in [5.74, 6) is 0.0116. The molecule has 0 spiro atoms. The van der Waals surface area contributed by atoms with Crippen molar-refractivity contribution in [3.05, 3.63) is 34.6 Å². The minimum absolute atomic E-state index is 0.0526. The van der Waals surface area contributed by atoms with E-state index in [4.69, 9.17) is 22.1 Å². The minimum atomic E-state index is -0.384. The second kappa shape index (κ2) is 5.80. The normalized spacial score (nSPS) is 22.4. The molecule has 0 bridgehead atoms. The predicted molar refractivity (Wildman–Crippen MR) is 66.6 cm³/mol. The fraction of sp³-hybridized carbons (Fsp3) is 0.538. The van der Waals surface area contributed by atoms with E-state index in [-0.39, 0.29) is 16.9 Å². The number of benzene rings is 1. The fourth-order valence-electron chi connectivity index (χ4n) is 2.21. The molecule has 1 aromatic rings. The molecule has 2 N–H and O–H groups in total. The molecule has 1 aliphatic rings. The van der Waals surface area contributed by atoms with Gasteiger partial charge in [0.1, 0.15) is 5.82 Å². The van der Waals surface area contributed by atoms with Gasteiger partial charge in [0, 0.05) is 12.6 Å². The van der Waals surface area contributed by atoms with E-state index in [9.17, 15) is 4.39 Å². The summed E-state index contributed by atoms with van der Waals surface area (Å²) < 4.78 is 18.4. The standard InChI is InChI=1S/C13H17ClFNO/c14-11-6-9(3-4-12(11)15)7-13(16)10-2-1-5-17-8-10/h3-4,6,10,13H,1-2,5,7-8,16H2. The van der Waals surface area contributed by atoms with Crippen LogP contribution in [0.25, 0.3) is 0 Å². The first-order valence-corrected chi connectivity index (χ1v) is 6.32. The Morgan fingerprint density at radius 1 is 1.53 bits per heavy atom. The SMILES string of the molecule is NC(Cc1ccc(F)c(Cl)c1)C1CCCOC1. The van der Waals surface area contributed by atoms with Gasteiger partial charge in [0.2, 0.25) is 0 Å². The van der Waals surface area contributed by atoms with E-state index in [0.29, 0.717) is 12.3 Å². The zero-order valence-electron chi connectivity index (χ0n) is 9.66. The molecular weight excluding hydrogens is 241 g/mol. The molecule has 1 fully saturated rings. The van der Waals surface area contributed by atoms with Gasteiger partial charge in [-0.25, -0.2) is 4.39 Å². The van der Waals surface area contributed by atoms with Crippen LogP contribution in [0, 0.1) is 11.7 Å². The van der Waals surface area contributed by atoms with Gasteiger partial charge in [0.15, 0.2) is 0 Å². The van der Waals surface area contributed by atoms with Crippen molar-refractivity contribution >= 4 is 11.6 Å². The summed E-state index contributed by atoms with van der Waals surface area (Å²) in [5.41, 5.74) is 7.13. The maximum absolute atomic E-state index is 13.0.